The van der Waals surface area contributed by atoms with Crippen LogP contribution < -0.4 is 9.64 Å². The molecule has 184 valence electrons. The molecule has 8 heteroatoms. The van der Waals surface area contributed by atoms with Gasteiger partial charge in [-0.1, -0.05) is 54.6 Å². The zero-order valence-corrected chi connectivity index (χ0v) is 20.8. The lowest BCUT2D eigenvalue weighted by molar-refractivity contribution is -0.127. The molecule has 0 aliphatic carbocycles. The van der Waals surface area contributed by atoms with E-state index in [2.05, 4.69) is 22.5 Å². The third-order valence-electron chi connectivity index (χ3n) is 7.52. The van der Waals surface area contributed by atoms with E-state index in [1.165, 1.54) is 13.2 Å². The van der Waals surface area contributed by atoms with Crippen molar-refractivity contribution in [1.82, 2.24) is 9.88 Å². The monoisotopic (exact) mass is 512 g/mol. The van der Waals surface area contributed by atoms with E-state index in [0.29, 0.717) is 40.3 Å². The van der Waals surface area contributed by atoms with E-state index < -0.39 is 5.82 Å². The maximum Gasteiger partial charge on any atom is 0.246 e. The molecule has 6 nitrogen and oxygen atoms in total. The Bertz CT molecular complexity index is 1660. The van der Waals surface area contributed by atoms with Crippen molar-refractivity contribution in [2.75, 3.05) is 25.1 Å². The van der Waals surface area contributed by atoms with Crippen LogP contribution in [0.1, 0.15) is 12.0 Å². The van der Waals surface area contributed by atoms with Gasteiger partial charge in [0.25, 0.3) is 0 Å². The van der Waals surface area contributed by atoms with E-state index in [0.717, 1.165) is 17.2 Å². The predicted molar refractivity (Wildman–Crippen MR) is 142 cm³/mol. The molecule has 4 aromatic rings. The van der Waals surface area contributed by atoms with Crippen LogP contribution in [-0.2, 0) is 4.79 Å². The van der Waals surface area contributed by atoms with Gasteiger partial charge in [0.15, 0.2) is 5.82 Å². The van der Waals surface area contributed by atoms with E-state index in [9.17, 15) is 10.1 Å². The van der Waals surface area contributed by atoms with Gasteiger partial charge in [0.05, 0.1) is 24.9 Å². The Morgan fingerprint density at radius 1 is 1.22 bits per heavy atom. The number of nitriles is 1. The van der Waals surface area contributed by atoms with Crippen LogP contribution in [0.5, 0.6) is 5.88 Å². The van der Waals surface area contributed by atoms with Crippen LogP contribution in [0.15, 0.2) is 61.2 Å². The van der Waals surface area contributed by atoms with Crippen LogP contribution in [0.25, 0.3) is 32.8 Å². The number of amides is 1. The van der Waals surface area contributed by atoms with E-state index in [1.807, 2.05) is 35.2 Å². The molecule has 6 rings (SSSR count). The highest BCUT2D eigenvalue weighted by Gasteiger charge is 2.49. The van der Waals surface area contributed by atoms with Crippen molar-refractivity contribution in [3.63, 3.8) is 0 Å². The number of pyridine rings is 1. The zero-order valence-electron chi connectivity index (χ0n) is 20.0. The van der Waals surface area contributed by atoms with Crippen molar-refractivity contribution in [3.05, 3.63) is 77.6 Å². The number of halogens is 2. The maximum atomic E-state index is 16.3. The van der Waals surface area contributed by atoms with Gasteiger partial charge in [0.1, 0.15) is 17.1 Å². The third kappa shape index (κ3) is 3.36. The SMILES string of the molecule is C=CC(=O)N1CC[C@@H]2[C@H]1CN2c1c(C#N)c(OC)nc2c(F)c(-c3cccc4cccc(Cl)c34)ccc12. The van der Waals surface area contributed by atoms with E-state index >= 15 is 4.39 Å². The average molecular weight is 513 g/mol. The Labute approximate surface area is 218 Å². The molecular formula is C29H22ClFN4O2. The third-order valence-corrected chi connectivity index (χ3v) is 7.84. The lowest BCUT2D eigenvalue weighted by Gasteiger charge is -2.48. The first-order chi connectivity index (χ1) is 18.0. The zero-order chi connectivity index (χ0) is 25.8. The quantitative estimate of drug-likeness (QED) is 0.328. The van der Waals surface area contributed by atoms with Crippen LogP contribution in [0.2, 0.25) is 5.02 Å². The van der Waals surface area contributed by atoms with Gasteiger partial charge < -0.3 is 14.5 Å². The summed E-state index contributed by atoms with van der Waals surface area (Å²) >= 11 is 6.52. The summed E-state index contributed by atoms with van der Waals surface area (Å²) in [6.07, 6.45) is 2.07. The average Bonchev–Trinajstić information content (AvgIpc) is 3.24. The van der Waals surface area contributed by atoms with Crippen LogP contribution in [0.3, 0.4) is 0 Å². The highest BCUT2D eigenvalue weighted by atomic mass is 35.5. The van der Waals surface area contributed by atoms with Crippen molar-refractivity contribution >= 4 is 44.9 Å². The molecule has 1 aromatic heterocycles. The van der Waals surface area contributed by atoms with Crippen LogP contribution in [-0.4, -0.2) is 48.1 Å². The van der Waals surface area contributed by atoms with Gasteiger partial charge in [0.2, 0.25) is 11.8 Å². The van der Waals surface area contributed by atoms with Gasteiger partial charge in [-0.15, -0.1) is 0 Å². The fourth-order valence-corrected chi connectivity index (χ4v) is 6.08. The van der Waals surface area contributed by atoms with Crippen molar-refractivity contribution < 1.29 is 13.9 Å². The maximum absolute atomic E-state index is 16.3. The molecule has 0 bridgehead atoms. The smallest absolute Gasteiger partial charge is 0.246 e. The first kappa shape index (κ1) is 23.3. The number of methoxy groups -OCH3 is 1. The Balaban J connectivity index is 1.54. The standard InChI is InChI=1S/C29H22ClFN4O2/c1-3-24(36)34-13-12-22-23(34)15-35(22)28-19-11-10-18(26(31)27(19)33-29(37-2)20(28)14-32)17-8-4-6-16-7-5-9-21(30)25(16)17/h3-11,22-23H,1,12-13,15H2,2H3/t22-,23-/m1/s1. The molecule has 0 saturated carbocycles. The van der Waals surface area contributed by atoms with Gasteiger partial charge >= 0.3 is 0 Å². The fraction of sp³-hybridized carbons (Fsp3) is 0.207. The summed E-state index contributed by atoms with van der Waals surface area (Å²) in [7, 11) is 1.42. The minimum atomic E-state index is -0.513. The Hall–Kier alpha value is -4.15. The molecule has 0 radical (unpaired) electrons. The molecule has 2 aliphatic rings. The largest absolute Gasteiger partial charge is 0.480 e. The fourth-order valence-electron chi connectivity index (χ4n) is 5.80. The minimum absolute atomic E-state index is 0.0194. The Morgan fingerprint density at radius 2 is 2.00 bits per heavy atom. The number of carbonyl (C=O) groups is 1. The van der Waals surface area contributed by atoms with Gasteiger partial charge in [0, 0.05) is 34.4 Å². The van der Waals surface area contributed by atoms with Crippen molar-refractivity contribution in [3.8, 4) is 23.1 Å². The second kappa shape index (κ2) is 8.75. The first-order valence-corrected chi connectivity index (χ1v) is 12.3. The second-order valence-electron chi connectivity index (χ2n) is 9.23. The first-order valence-electron chi connectivity index (χ1n) is 12.0. The number of rotatable bonds is 4. The number of benzene rings is 3. The van der Waals surface area contributed by atoms with E-state index in [4.69, 9.17) is 16.3 Å². The molecule has 2 atom stereocenters. The van der Waals surface area contributed by atoms with Gasteiger partial charge in [-0.05, 0) is 35.6 Å². The molecule has 2 fully saturated rings. The molecule has 0 N–H and O–H groups in total. The van der Waals surface area contributed by atoms with Crippen molar-refractivity contribution in [2.24, 2.45) is 0 Å². The highest BCUT2D eigenvalue weighted by molar-refractivity contribution is 6.36. The molecule has 2 aliphatic heterocycles. The summed E-state index contributed by atoms with van der Waals surface area (Å²) in [4.78, 5) is 20.6. The van der Waals surface area contributed by atoms with Crippen LogP contribution in [0, 0.1) is 17.1 Å². The number of likely N-dealkylation sites (tertiary alicyclic amines) is 1. The Morgan fingerprint density at radius 3 is 2.73 bits per heavy atom. The molecule has 1 amide bonds. The summed E-state index contributed by atoms with van der Waals surface area (Å²) in [6.45, 7) is 4.74. The second-order valence-corrected chi connectivity index (χ2v) is 9.64. The summed E-state index contributed by atoms with van der Waals surface area (Å²) in [5.74, 6) is -0.548. The number of hydrogen-bond donors (Lipinski definition) is 0. The summed E-state index contributed by atoms with van der Waals surface area (Å²) in [5, 5.41) is 12.8. The number of carbonyl (C=O) groups excluding carboxylic acids is 1. The number of anilines is 1. The number of hydrogen-bond acceptors (Lipinski definition) is 5. The lowest BCUT2D eigenvalue weighted by atomic mass is 9.92. The molecule has 0 unspecified atom stereocenters. The molecular weight excluding hydrogens is 491 g/mol. The van der Waals surface area contributed by atoms with Crippen LogP contribution in [0.4, 0.5) is 10.1 Å². The topological polar surface area (TPSA) is 69.5 Å². The molecule has 0 spiro atoms. The predicted octanol–water partition coefficient (Wildman–Crippen LogP) is 5.70. The summed E-state index contributed by atoms with van der Waals surface area (Å²) in [5.41, 5.74) is 1.98. The minimum Gasteiger partial charge on any atom is -0.480 e. The molecule has 2 saturated heterocycles. The van der Waals surface area contributed by atoms with Gasteiger partial charge in [-0.3, -0.25) is 4.79 Å². The normalized spacial score (nSPS) is 18.4. The molecule has 3 heterocycles. The van der Waals surface area contributed by atoms with E-state index in [-0.39, 0.29) is 35.0 Å². The number of ether oxygens (including phenoxy) is 1. The van der Waals surface area contributed by atoms with Gasteiger partial charge in [-0.2, -0.15) is 5.26 Å². The number of nitrogens with zero attached hydrogens (tertiary/aromatic N) is 4. The van der Waals surface area contributed by atoms with E-state index in [1.54, 1.807) is 18.2 Å². The van der Waals surface area contributed by atoms with Crippen molar-refractivity contribution in [2.45, 2.75) is 18.5 Å². The number of fused-ring (bicyclic) bond motifs is 3. The van der Waals surface area contributed by atoms with Gasteiger partial charge in [-0.25, -0.2) is 9.37 Å². The molecule has 3 aromatic carbocycles. The lowest BCUT2D eigenvalue weighted by Crippen LogP contribution is -2.63. The summed E-state index contributed by atoms with van der Waals surface area (Å²) in [6, 6.07) is 17.0. The Kier molecular flexibility index (Phi) is 5.50. The van der Waals surface area contributed by atoms with Crippen molar-refractivity contribution in [1.29, 1.82) is 5.26 Å². The summed E-state index contributed by atoms with van der Waals surface area (Å²) < 4.78 is 21.7. The van der Waals surface area contributed by atoms with Crippen LogP contribution >= 0.6 is 11.6 Å². The highest BCUT2D eigenvalue weighted by Crippen LogP contribution is 2.45. The number of aromatic nitrogens is 1. The molecule has 37 heavy (non-hydrogen) atoms.